The molecule has 1 unspecified atom stereocenters. The van der Waals surface area contributed by atoms with Crippen molar-refractivity contribution in [2.45, 2.75) is 13.0 Å². The lowest BCUT2D eigenvalue weighted by Crippen LogP contribution is -2.14. The lowest BCUT2D eigenvalue weighted by atomic mass is 10.3. The molecular formula is C10H9ClN2O2. The Morgan fingerprint density at radius 2 is 2.40 bits per heavy atom. The highest BCUT2D eigenvalue weighted by Gasteiger charge is 2.11. The van der Waals surface area contributed by atoms with Crippen molar-refractivity contribution in [3.63, 3.8) is 0 Å². The maximum atomic E-state index is 10.7. The van der Waals surface area contributed by atoms with Gasteiger partial charge in [0.05, 0.1) is 11.1 Å². The van der Waals surface area contributed by atoms with E-state index < -0.39 is 5.97 Å². The van der Waals surface area contributed by atoms with E-state index in [2.05, 4.69) is 16.2 Å². The third-order valence-electron chi connectivity index (χ3n) is 1.66. The monoisotopic (exact) mass is 224 g/mol. The molecule has 0 bridgehead atoms. The molecule has 4 nitrogen and oxygen atoms in total. The van der Waals surface area contributed by atoms with E-state index in [1.807, 2.05) is 0 Å². The van der Waals surface area contributed by atoms with Gasteiger partial charge >= 0.3 is 5.97 Å². The molecule has 78 valence electrons. The van der Waals surface area contributed by atoms with Crippen molar-refractivity contribution in [3.05, 3.63) is 22.8 Å². The normalized spacial score (nSPS) is 11.5. The van der Waals surface area contributed by atoms with Crippen LogP contribution in [0.25, 0.3) is 0 Å². The van der Waals surface area contributed by atoms with Crippen LogP contribution in [0.4, 0.5) is 5.82 Å². The average molecular weight is 225 g/mol. The number of halogens is 1. The van der Waals surface area contributed by atoms with Crippen molar-refractivity contribution in [1.82, 2.24) is 4.98 Å². The number of anilines is 1. The van der Waals surface area contributed by atoms with Crippen LogP contribution in [0.5, 0.6) is 0 Å². The summed E-state index contributed by atoms with van der Waals surface area (Å²) in [6, 6.07) is 2.81. The summed E-state index contributed by atoms with van der Waals surface area (Å²) >= 11 is 5.65. The summed E-state index contributed by atoms with van der Waals surface area (Å²) in [7, 11) is 0. The van der Waals surface area contributed by atoms with Gasteiger partial charge in [0.25, 0.3) is 0 Å². The molecular weight excluding hydrogens is 216 g/mol. The lowest BCUT2D eigenvalue weighted by molar-refractivity contribution is 0.0691. The number of carbonyl (C=O) groups is 1. The number of hydrogen-bond acceptors (Lipinski definition) is 3. The van der Waals surface area contributed by atoms with Crippen LogP contribution >= 0.6 is 11.6 Å². The largest absolute Gasteiger partial charge is 0.476 e. The second kappa shape index (κ2) is 4.67. The summed E-state index contributed by atoms with van der Waals surface area (Å²) < 4.78 is 0. The highest BCUT2D eigenvalue weighted by molar-refractivity contribution is 6.33. The van der Waals surface area contributed by atoms with Gasteiger partial charge in [-0.1, -0.05) is 17.5 Å². The number of carboxylic acid groups (broad SMARTS) is 1. The van der Waals surface area contributed by atoms with Gasteiger partial charge in [0, 0.05) is 0 Å². The minimum absolute atomic E-state index is 0.0985. The van der Waals surface area contributed by atoms with Crippen LogP contribution in [0.2, 0.25) is 5.02 Å². The van der Waals surface area contributed by atoms with E-state index in [-0.39, 0.29) is 16.8 Å². The molecule has 0 fully saturated rings. The van der Waals surface area contributed by atoms with Crippen molar-refractivity contribution in [1.29, 1.82) is 0 Å². The Morgan fingerprint density at radius 1 is 1.73 bits per heavy atom. The quantitative estimate of drug-likeness (QED) is 0.770. The Kier molecular flexibility index (Phi) is 3.53. The lowest BCUT2D eigenvalue weighted by Gasteiger charge is -2.09. The molecule has 0 radical (unpaired) electrons. The fraction of sp³-hybridized carbons (Fsp3) is 0.200. The Labute approximate surface area is 92.3 Å². The molecule has 0 saturated carbocycles. The van der Waals surface area contributed by atoms with Crippen molar-refractivity contribution in [2.24, 2.45) is 0 Å². The van der Waals surface area contributed by atoms with Gasteiger partial charge in [0.1, 0.15) is 5.82 Å². The number of aromatic nitrogens is 1. The van der Waals surface area contributed by atoms with Crippen molar-refractivity contribution < 1.29 is 9.90 Å². The number of carboxylic acids is 1. The fourth-order valence-corrected chi connectivity index (χ4v) is 1.12. The molecule has 0 amide bonds. The van der Waals surface area contributed by atoms with E-state index in [9.17, 15) is 4.79 Å². The molecule has 1 rings (SSSR count). The molecule has 0 aliphatic rings. The number of hydrogen-bond donors (Lipinski definition) is 2. The van der Waals surface area contributed by atoms with Crippen LogP contribution in [0, 0.1) is 12.3 Å². The van der Waals surface area contributed by atoms with Gasteiger partial charge in [0.2, 0.25) is 0 Å². The zero-order chi connectivity index (χ0) is 11.4. The molecule has 1 atom stereocenters. The minimum Gasteiger partial charge on any atom is -0.476 e. The van der Waals surface area contributed by atoms with Crippen molar-refractivity contribution in [3.8, 4) is 12.3 Å². The Hall–Kier alpha value is -1.73. The number of terminal acetylenes is 1. The van der Waals surface area contributed by atoms with Crippen molar-refractivity contribution in [2.75, 3.05) is 5.32 Å². The average Bonchev–Trinajstić information content (AvgIpc) is 2.20. The van der Waals surface area contributed by atoms with Gasteiger partial charge in [0.15, 0.2) is 5.69 Å². The first kappa shape index (κ1) is 11.3. The van der Waals surface area contributed by atoms with Crippen LogP contribution in [-0.2, 0) is 0 Å². The van der Waals surface area contributed by atoms with Crippen LogP contribution in [0.3, 0.4) is 0 Å². The SMILES string of the molecule is C#CC(C)Nc1ccc(Cl)c(C(=O)O)n1. The van der Waals surface area contributed by atoms with E-state index >= 15 is 0 Å². The Bertz CT molecular complexity index is 426. The summed E-state index contributed by atoms with van der Waals surface area (Å²) in [5.74, 6) is 1.67. The van der Waals surface area contributed by atoms with Crippen LogP contribution in [0.15, 0.2) is 12.1 Å². The minimum atomic E-state index is -1.17. The second-order valence-corrected chi connectivity index (χ2v) is 3.27. The molecule has 0 spiro atoms. The third kappa shape index (κ3) is 2.86. The first-order valence-corrected chi connectivity index (χ1v) is 4.55. The van der Waals surface area contributed by atoms with Crippen LogP contribution < -0.4 is 5.32 Å². The fourth-order valence-electron chi connectivity index (χ4n) is 0.936. The van der Waals surface area contributed by atoms with Gasteiger partial charge in [-0.05, 0) is 19.1 Å². The molecule has 0 saturated heterocycles. The molecule has 0 aliphatic heterocycles. The summed E-state index contributed by atoms with van der Waals surface area (Å²) in [5.41, 5.74) is -0.189. The molecule has 15 heavy (non-hydrogen) atoms. The zero-order valence-corrected chi connectivity index (χ0v) is 8.75. The molecule has 2 N–H and O–H groups in total. The number of nitrogens with one attached hydrogen (secondary N) is 1. The Balaban J connectivity index is 2.99. The van der Waals surface area contributed by atoms with Gasteiger partial charge in [-0.25, -0.2) is 9.78 Å². The van der Waals surface area contributed by atoms with Gasteiger partial charge in [-0.15, -0.1) is 6.42 Å². The van der Waals surface area contributed by atoms with Gasteiger partial charge < -0.3 is 10.4 Å². The molecule has 0 aliphatic carbocycles. The molecule has 1 aromatic heterocycles. The summed E-state index contributed by atoms with van der Waals surface area (Å²) in [4.78, 5) is 14.5. The Morgan fingerprint density at radius 3 is 2.93 bits per heavy atom. The third-order valence-corrected chi connectivity index (χ3v) is 1.97. The highest BCUT2D eigenvalue weighted by atomic mass is 35.5. The summed E-state index contributed by atoms with van der Waals surface area (Å²) in [6.45, 7) is 1.76. The summed E-state index contributed by atoms with van der Waals surface area (Å²) in [6.07, 6.45) is 5.16. The van der Waals surface area contributed by atoms with E-state index in [4.69, 9.17) is 23.1 Å². The van der Waals surface area contributed by atoms with E-state index in [1.54, 1.807) is 13.0 Å². The van der Waals surface area contributed by atoms with E-state index in [0.29, 0.717) is 5.82 Å². The highest BCUT2D eigenvalue weighted by Crippen LogP contribution is 2.16. The maximum Gasteiger partial charge on any atom is 0.356 e. The van der Waals surface area contributed by atoms with E-state index in [0.717, 1.165) is 0 Å². The predicted octanol–water partition coefficient (Wildman–Crippen LogP) is 1.87. The first-order valence-electron chi connectivity index (χ1n) is 4.17. The molecule has 1 heterocycles. The van der Waals surface area contributed by atoms with E-state index in [1.165, 1.54) is 6.07 Å². The molecule has 5 heteroatoms. The second-order valence-electron chi connectivity index (χ2n) is 2.86. The predicted molar refractivity (Wildman–Crippen MR) is 58.1 cm³/mol. The summed E-state index contributed by atoms with van der Waals surface area (Å²) in [5, 5.41) is 11.7. The maximum absolute atomic E-state index is 10.7. The zero-order valence-electron chi connectivity index (χ0n) is 7.99. The standard InChI is InChI=1S/C10H9ClN2O2/c1-3-6(2)12-8-5-4-7(11)9(13-8)10(14)15/h1,4-6H,2H3,(H,12,13)(H,14,15). The molecule has 1 aromatic rings. The van der Waals surface area contributed by atoms with Crippen LogP contribution in [0.1, 0.15) is 17.4 Å². The number of aromatic carboxylic acids is 1. The topological polar surface area (TPSA) is 62.2 Å². The van der Waals surface area contributed by atoms with Gasteiger partial charge in [-0.3, -0.25) is 0 Å². The number of nitrogens with zero attached hydrogens (tertiary/aromatic N) is 1. The van der Waals surface area contributed by atoms with Crippen LogP contribution in [-0.4, -0.2) is 22.1 Å². The van der Waals surface area contributed by atoms with Crippen molar-refractivity contribution >= 4 is 23.4 Å². The first-order chi connectivity index (χ1) is 7.04. The molecule has 0 aromatic carbocycles. The number of rotatable bonds is 3. The number of pyridine rings is 1. The smallest absolute Gasteiger partial charge is 0.356 e. The van der Waals surface area contributed by atoms with Gasteiger partial charge in [-0.2, -0.15) is 0 Å².